The van der Waals surface area contributed by atoms with E-state index < -0.39 is 5.97 Å². The zero-order chi connectivity index (χ0) is 17.6. The number of nitrogens with zero attached hydrogens (tertiary/aromatic N) is 3. The lowest BCUT2D eigenvalue weighted by atomic mass is 9.97. The van der Waals surface area contributed by atoms with Crippen LogP contribution in [0.2, 0.25) is 0 Å². The predicted octanol–water partition coefficient (Wildman–Crippen LogP) is 2.12. The summed E-state index contributed by atoms with van der Waals surface area (Å²) in [5, 5.41) is 2.91. The Hall–Kier alpha value is -2.96. The first-order valence-corrected chi connectivity index (χ1v) is 8.18. The Labute approximate surface area is 146 Å². The van der Waals surface area contributed by atoms with Gasteiger partial charge in [0.05, 0.1) is 18.6 Å². The van der Waals surface area contributed by atoms with E-state index in [4.69, 9.17) is 0 Å². The maximum Gasteiger partial charge on any atom is 0.337 e. The summed E-state index contributed by atoms with van der Waals surface area (Å²) in [5.41, 5.74) is 1.11. The van der Waals surface area contributed by atoms with E-state index in [1.807, 2.05) is 4.90 Å². The number of benzene rings is 1. The molecular formula is C18H20N4O3. The zero-order valence-electron chi connectivity index (χ0n) is 14.0. The molecule has 2 heterocycles. The summed E-state index contributed by atoms with van der Waals surface area (Å²) in [7, 11) is 1.34. The van der Waals surface area contributed by atoms with Gasteiger partial charge in [-0.3, -0.25) is 4.79 Å². The Morgan fingerprint density at radius 3 is 2.60 bits per heavy atom. The van der Waals surface area contributed by atoms with E-state index in [0.29, 0.717) is 23.7 Å². The van der Waals surface area contributed by atoms with Crippen LogP contribution in [0.15, 0.2) is 42.7 Å². The number of hydrogen-bond acceptors (Lipinski definition) is 6. The number of carbonyl (C=O) groups is 2. The molecular weight excluding hydrogens is 320 g/mol. The Kier molecular flexibility index (Phi) is 5.23. The lowest BCUT2D eigenvalue weighted by Crippen LogP contribution is -2.41. The van der Waals surface area contributed by atoms with Crippen molar-refractivity contribution in [2.75, 3.05) is 30.4 Å². The third-order valence-electron chi connectivity index (χ3n) is 4.20. The van der Waals surface area contributed by atoms with Crippen molar-refractivity contribution in [3.8, 4) is 0 Å². The summed E-state index contributed by atoms with van der Waals surface area (Å²) < 4.78 is 4.66. The normalized spacial score (nSPS) is 17.0. The van der Waals surface area contributed by atoms with Crippen molar-refractivity contribution in [2.45, 2.75) is 12.8 Å². The maximum absolute atomic E-state index is 12.5. The minimum absolute atomic E-state index is 0.0357. The molecule has 1 aromatic heterocycles. The molecule has 0 spiro atoms. The van der Waals surface area contributed by atoms with Crippen molar-refractivity contribution in [1.82, 2.24) is 9.97 Å². The zero-order valence-corrected chi connectivity index (χ0v) is 14.0. The van der Waals surface area contributed by atoms with Crippen molar-refractivity contribution in [3.63, 3.8) is 0 Å². The molecule has 130 valence electrons. The molecule has 1 aliphatic heterocycles. The molecule has 1 amide bonds. The number of methoxy groups -OCH3 is 1. The number of carbonyl (C=O) groups excluding carboxylic acids is 2. The fourth-order valence-electron chi connectivity index (χ4n) is 2.88. The van der Waals surface area contributed by atoms with Crippen LogP contribution < -0.4 is 10.2 Å². The largest absolute Gasteiger partial charge is 0.465 e. The molecule has 1 aliphatic rings. The number of rotatable bonds is 4. The summed E-state index contributed by atoms with van der Waals surface area (Å²) >= 11 is 0. The van der Waals surface area contributed by atoms with Crippen LogP contribution in [0.4, 0.5) is 11.6 Å². The fraction of sp³-hybridized carbons (Fsp3) is 0.333. The van der Waals surface area contributed by atoms with Crippen molar-refractivity contribution >= 4 is 23.5 Å². The van der Waals surface area contributed by atoms with Gasteiger partial charge in [0.15, 0.2) is 0 Å². The number of nitrogens with one attached hydrogen (secondary N) is 1. The monoisotopic (exact) mass is 340 g/mol. The van der Waals surface area contributed by atoms with Gasteiger partial charge in [-0.1, -0.05) is 0 Å². The van der Waals surface area contributed by atoms with Crippen LogP contribution in [0.5, 0.6) is 0 Å². The molecule has 0 bridgehead atoms. The van der Waals surface area contributed by atoms with E-state index in [9.17, 15) is 9.59 Å². The van der Waals surface area contributed by atoms with Crippen molar-refractivity contribution in [2.24, 2.45) is 5.92 Å². The Morgan fingerprint density at radius 2 is 1.92 bits per heavy atom. The molecule has 1 unspecified atom stereocenters. The van der Waals surface area contributed by atoms with Gasteiger partial charge in [0.2, 0.25) is 11.9 Å². The molecule has 7 heteroatoms. The van der Waals surface area contributed by atoms with Gasteiger partial charge in [-0.15, -0.1) is 0 Å². The van der Waals surface area contributed by atoms with Gasteiger partial charge in [-0.2, -0.15) is 0 Å². The van der Waals surface area contributed by atoms with Crippen molar-refractivity contribution in [3.05, 3.63) is 48.3 Å². The molecule has 3 rings (SSSR count). The summed E-state index contributed by atoms with van der Waals surface area (Å²) in [6.45, 7) is 1.44. The molecule has 2 aromatic rings. The fourth-order valence-corrected chi connectivity index (χ4v) is 2.88. The second kappa shape index (κ2) is 7.74. The number of amides is 1. The number of ether oxygens (including phenoxy) is 1. The maximum atomic E-state index is 12.5. The van der Waals surface area contributed by atoms with Gasteiger partial charge in [0.25, 0.3) is 0 Å². The van der Waals surface area contributed by atoms with Gasteiger partial charge in [-0.05, 0) is 43.2 Å². The average Bonchev–Trinajstić information content (AvgIpc) is 2.68. The summed E-state index contributed by atoms with van der Waals surface area (Å²) in [6, 6.07) is 8.44. The van der Waals surface area contributed by atoms with Gasteiger partial charge in [0.1, 0.15) is 0 Å². The molecule has 0 saturated carbocycles. The van der Waals surface area contributed by atoms with Crippen LogP contribution in [0.1, 0.15) is 23.2 Å². The van der Waals surface area contributed by atoms with E-state index in [2.05, 4.69) is 20.0 Å². The van der Waals surface area contributed by atoms with E-state index in [-0.39, 0.29) is 11.8 Å². The van der Waals surface area contributed by atoms with Crippen molar-refractivity contribution in [1.29, 1.82) is 0 Å². The van der Waals surface area contributed by atoms with Crippen LogP contribution in [-0.2, 0) is 9.53 Å². The molecule has 1 N–H and O–H groups in total. The molecule has 0 aliphatic carbocycles. The topological polar surface area (TPSA) is 84.4 Å². The number of aromatic nitrogens is 2. The quantitative estimate of drug-likeness (QED) is 0.858. The van der Waals surface area contributed by atoms with Gasteiger partial charge < -0.3 is 15.0 Å². The van der Waals surface area contributed by atoms with Crippen LogP contribution in [0.25, 0.3) is 0 Å². The number of piperidine rings is 1. The molecule has 25 heavy (non-hydrogen) atoms. The summed E-state index contributed by atoms with van der Waals surface area (Å²) in [6.07, 6.45) is 5.15. The number of hydrogen-bond donors (Lipinski definition) is 1. The summed E-state index contributed by atoms with van der Waals surface area (Å²) in [5.74, 6) is 0.0929. The molecule has 1 aromatic carbocycles. The molecule has 7 nitrogen and oxygen atoms in total. The van der Waals surface area contributed by atoms with E-state index >= 15 is 0 Å². The third kappa shape index (κ3) is 4.12. The average molecular weight is 340 g/mol. The Morgan fingerprint density at radius 1 is 1.20 bits per heavy atom. The number of esters is 1. The second-order valence-corrected chi connectivity index (χ2v) is 5.89. The van der Waals surface area contributed by atoms with Crippen molar-refractivity contribution < 1.29 is 14.3 Å². The number of anilines is 2. The first-order chi connectivity index (χ1) is 12.2. The van der Waals surface area contributed by atoms with Crippen LogP contribution in [0.3, 0.4) is 0 Å². The highest BCUT2D eigenvalue weighted by Gasteiger charge is 2.27. The van der Waals surface area contributed by atoms with E-state index in [1.165, 1.54) is 7.11 Å². The smallest absolute Gasteiger partial charge is 0.337 e. The minimum Gasteiger partial charge on any atom is -0.465 e. The first kappa shape index (κ1) is 16.9. The van der Waals surface area contributed by atoms with Crippen LogP contribution in [0, 0.1) is 5.92 Å². The molecule has 1 fully saturated rings. The molecule has 1 atom stereocenters. The van der Waals surface area contributed by atoms with Crippen LogP contribution in [-0.4, -0.2) is 42.0 Å². The third-order valence-corrected chi connectivity index (χ3v) is 4.20. The SMILES string of the molecule is COC(=O)c1ccc(NC(=O)C2CCCN(c3ncccn3)C2)cc1. The molecule has 1 saturated heterocycles. The predicted molar refractivity (Wildman–Crippen MR) is 93.4 cm³/mol. The minimum atomic E-state index is -0.399. The van der Waals surface area contributed by atoms with Gasteiger partial charge in [-0.25, -0.2) is 14.8 Å². The first-order valence-electron chi connectivity index (χ1n) is 8.18. The standard InChI is InChI=1S/C18H20N4O3/c1-25-17(24)13-5-7-15(8-6-13)21-16(23)14-4-2-11-22(12-14)18-19-9-3-10-20-18/h3,5-10,14H,2,4,11-12H2,1H3,(H,21,23). The Bertz CT molecular complexity index is 734. The van der Waals surface area contributed by atoms with E-state index in [0.717, 1.165) is 19.4 Å². The van der Waals surface area contributed by atoms with Crippen LogP contribution >= 0.6 is 0 Å². The van der Waals surface area contributed by atoms with E-state index in [1.54, 1.807) is 42.7 Å². The second-order valence-electron chi connectivity index (χ2n) is 5.89. The molecule has 0 radical (unpaired) electrons. The van der Waals surface area contributed by atoms with Gasteiger partial charge >= 0.3 is 5.97 Å². The lowest BCUT2D eigenvalue weighted by Gasteiger charge is -2.31. The Balaban J connectivity index is 1.62. The lowest BCUT2D eigenvalue weighted by molar-refractivity contribution is -0.120. The highest BCUT2D eigenvalue weighted by molar-refractivity contribution is 5.94. The van der Waals surface area contributed by atoms with Gasteiger partial charge in [0, 0.05) is 31.2 Å². The highest BCUT2D eigenvalue weighted by atomic mass is 16.5. The highest BCUT2D eigenvalue weighted by Crippen LogP contribution is 2.21. The summed E-state index contributed by atoms with van der Waals surface area (Å²) in [4.78, 5) is 34.5.